The summed E-state index contributed by atoms with van der Waals surface area (Å²) >= 11 is 0. The van der Waals surface area contributed by atoms with Gasteiger partial charge in [-0.3, -0.25) is 29.8 Å². The number of benzene rings is 2. The fraction of sp³-hybridized carbons (Fsp3) is 0.150. The van der Waals surface area contributed by atoms with Crippen LogP contribution in [0, 0.1) is 10.1 Å². The first-order valence-corrected chi connectivity index (χ1v) is 10.9. The second-order valence-corrected chi connectivity index (χ2v) is 8.43. The molecule has 172 valence electrons. The van der Waals surface area contributed by atoms with Crippen molar-refractivity contribution < 1.29 is 22.9 Å². The number of nitro benzene ring substituents is 1. The number of aliphatic imine (C=N–C) groups is 1. The summed E-state index contributed by atoms with van der Waals surface area (Å²) in [6.07, 6.45) is -0.252. The normalized spacial score (nSPS) is 11.9. The number of primary sulfonamides is 1. The van der Waals surface area contributed by atoms with Gasteiger partial charge in [0.2, 0.25) is 10.0 Å². The second kappa shape index (κ2) is 9.18. The predicted octanol–water partition coefficient (Wildman–Crippen LogP) is 1.58. The van der Waals surface area contributed by atoms with Crippen LogP contribution < -0.4 is 10.7 Å². The zero-order chi connectivity index (χ0) is 24.3. The number of ether oxygens (including phenoxy) is 1. The summed E-state index contributed by atoms with van der Waals surface area (Å²) in [6.45, 7) is 1.55. The number of nitrogens with two attached hydrogens (primary N) is 1. The Morgan fingerprint density at radius 1 is 1.18 bits per heavy atom. The van der Waals surface area contributed by atoms with E-state index in [0.29, 0.717) is 11.4 Å². The lowest BCUT2D eigenvalue weighted by atomic mass is 10.1. The van der Waals surface area contributed by atoms with Crippen LogP contribution in [0.2, 0.25) is 0 Å². The third-order valence-corrected chi connectivity index (χ3v) is 5.59. The van der Waals surface area contributed by atoms with E-state index in [9.17, 15) is 28.1 Å². The molecule has 0 saturated carbocycles. The Morgan fingerprint density at radius 3 is 2.30 bits per heavy atom. The van der Waals surface area contributed by atoms with Gasteiger partial charge in [0.25, 0.3) is 11.2 Å². The Labute approximate surface area is 187 Å². The number of methoxy groups -OCH3 is 1. The fourth-order valence-electron chi connectivity index (χ4n) is 3.07. The number of hydrogen-bond donors (Lipinski definition) is 2. The molecule has 0 bridgehead atoms. The first-order chi connectivity index (χ1) is 15.5. The smallest absolute Gasteiger partial charge is 0.311 e. The molecular formula is C20H19N5O7S. The molecule has 1 heterocycles. The van der Waals surface area contributed by atoms with Gasteiger partial charge in [-0.15, -0.1) is 0 Å². The average molecular weight is 473 g/mol. The topological polar surface area (TPSA) is 180 Å². The van der Waals surface area contributed by atoms with Crippen molar-refractivity contribution in [3.63, 3.8) is 0 Å². The summed E-state index contributed by atoms with van der Waals surface area (Å²) in [5.41, 5.74) is 0.569. The maximum atomic E-state index is 13.2. The number of nitrogens with one attached hydrogen (secondary N) is 1. The largest absolute Gasteiger partial charge is 0.469 e. The summed E-state index contributed by atoms with van der Waals surface area (Å²) in [6, 6.07) is 10.7. The van der Waals surface area contributed by atoms with Gasteiger partial charge in [-0.05, 0) is 43.3 Å². The minimum absolute atomic E-state index is 0.0901. The van der Waals surface area contributed by atoms with Crippen LogP contribution in [-0.4, -0.2) is 41.9 Å². The second-order valence-electron chi connectivity index (χ2n) is 6.87. The Kier molecular flexibility index (Phi) is 6.55. The molecule has 0 spiro atoms. The van der Waals surface area contributed by atoms with E-state index in [4.69, 9.17) is 9.88 Å². The van der Waals surface area contributed by atoms with Gasteiger partial charge in [0.15, 0.2) is 0 Å². The number of sulfonamides is 1. The van der Waals surface area contributed by atoms with Crippen LogP contribution in [0.3, 0.4) is 0 Å². The Bertz CT molecular complexity index is 1400. The van der Waals surface area contributed by atoms with Crippen molar-refractivity contribution in [2.45, 2.75) is 18.2 Å². The zero-order valence-corrected chi connectivity index (χ0v) is 18.3. The monoisotopic (exact) mass is 473 g/mol. The molecule has 0 unspecified atom stereocenters. The lowest BCUT2D eigenvalue weighted by Gasteiger charge is -2.03. The number of rotatable bonds is 7. The summed E-state index contributed by atoms with van der Waals surface area (Å²) in [4.78, 5) is 39.6. The molecular weight excluding hydrogens is 454 g/mol. The van der Waals surface area contributed by atoms with E-state index < -0.39 is 26.5 Å². The maximum absolute atomic E-state index is 13.2. The molecule has 0 saturated heterocycles. The van der Waals surface area contributed by atoms with Gasteiger partial charge in [0, 0.05) is 12.1 Å². The van der Waals surface area contributed by atoms with Crippen molar-refractivity contribution >= 4 is 33.1 Å². The number of esters is 1. The fourth-order valence-corrected chi connectivity index (χ4v) is 3.58. The van der Waals surface area contributed by atoms with Gasteiger partial charge in [0.1, 0.15) is 0 Å². The third kappa shape index (κ3) is 5.22. The third-order valence-electron chi connectivity index (χ3n) is 4.66. The first kappa shape index (κ1) is 23.6. The van der Waals surface area contributed by atoms with Crippen molar-refractivity contribution in [1.29, 1.82) is 0 Å². The van der Waals surface area contributed by atoms with Crippen LogP contribution in [0.25, 0.3) is 5.69 Å². The average Bonchev–Trinajstić information content (AvgIpc) is 3.09. The number of nitrogens with zero attached hydrogens (tertiary/aromatic N) is 3. The van der Waals surface area contributed by atoms with Crippen LogP contribution in [0.5, 0.6) is 0 Å². The van der Waals surface area contributed by atoms with Crippen LogP contribution in [0.4, 0.5) is 11.4 Å². The van der Waals surface area contributed by atoms with E-state index in [-0.39, 0.29) is 34.0 Å². The number of non-ortho nitro benzene ring substituents is 1. The molecule has 0 amide bonds. The number of H-pyrrole nitrogens is 1. The van der Waals surface area contributed by atoms with Crippen LogP contribution >= 0.6 is 0 Å². The number of carbonyl (C=O) groups excluding carboxylic acids is 1. The predicted molar refractivity (Wildman–Crippen MR) is 118 cm³/mol. The van der Waals surface area contributed by atoms with Crippen molar-refractivity contribution in [3.8, 4) is 5.69 Å². The molecule has 0 aliphatic carbocycles. The molecule has 3 N–H and O–H groups in total. The highest BCUT2D eigenvalue weighted by molar-refractivity contribution is 7.89. The van der Waals surface area contributed by atoms with E-state index in [1.807, 2.05) is 0 Å². The molecule has 0 aliphatic rings. The standard InChI is InChI=1S/C20H19N5O7S/c1-12(22-13-3-9-16(10-4-13)33(21,30)31)19-17(11-18(26)32-2)23-24(20(19)27)14-5-7-15(8-6-14)25(28)29/h3-10,23H,11H2,1-2H3,(H2,21,30,31). The summed E-state index contributed by atoms with van der Waals surface area (Å²) < 4.78 is 28.7. The Balaban J connectivity index is 2.08. The summed E-state index contributed by atoms with van der Waals surface area (Å²) in [5.74, 6) is -0.598. The van der Waals surface area contributed by atoms with Crippen molar-refractivity contribution in [1.82, 2.24) is 9.78 Å². The number of hydrogen-bond acceptors (Lipinski definition) is 8. The van der Waals surface area contributed by atoms with E-state index in [1.54, 1.807) is 6.92 Å². The Hall–Kier alpha value is -4.10. The van der Waals surface area contributed by atoms with Crippen molar-refractivity contribution in [3.05, 3.63) is 80.3 Å². The Morgan fingerprint density at radius 2 is 1.79 bits per heavy atom. The van der Waals surface area contributed by atoms with Crippen LogP contribution in [-0.2, 0) is 26.0 Å². The highest BCUT2D eigenvalue weighted by atomic mass is 32.2. The lowest BCUT2D eigenvalue weighted by Crippen LogP contribution is -2.20. The molecule has 0 aliphatic heterocycles. The van der Waals surface area contributed by atoms with E-state index >= 15 is 0 Å². The quantitative estimate of drug-likeness (QED) is 0.226. The molecule has 0 atom stereocenters. The molecule has 1 aromatic heterocycles. The molecule has 0 radical (unpaired) electrons. The maximum Gasteiger partial charge on any atom is 0.311 e. The number of aromatic nitrogens is 2. The van der Waals surface area contributed by atoms with Gasteiger partial charge >= 0.3 is 5.97 Å². The highest BCUT2D eigenvalue weighted by Crippen LogP contribution is 2.19. The highest BCUT2D eigenvalue weighted by Gasteiger charge is 2.21. The van der Waals surface area contributed by atoms with Crippen LogP contribution in [0.1, 0.15) is 18.2 Å². The van der Waals surface area contributed by atoms with E-state index in [0.717, 1.165) is 4.68 Å². The van der Waals surface area contributed by atoms with Gasteiger partial charge in [-0.25, -0.2) is 18.2 Å². The zero-order valence-electron chi connectivity index (χ0n) is 17.5. The van der Waals surface area contributed by atoms with Crippen molar-refractivity contribution in [2.24, 2.45) is 10.1 Å². The number of nitro groups is 1. The summed E-state index contributed by atoms with van der Waals surface area (Å²) in [5, 5.41) is 18.8. The molecule has 0 fully saturated rings. The van der Waals surface area contributed by atoms with Gasteiger partial charge in [0.05, 0.1) is 51.7 Å². The number of aromatic amines is 1. The first-order valence-electron chi connectivity index (χ1n) is 9.35. The minimum atomic E-state index is -3.87. The molecule has 2 aromatic carbocycles. The van der Waals surface area contributed by atoms with E-state index in [2.05, 4.69) is 10.1 Å². The number of carbonyl (C=O) groups is 1. The lowest BCUT2D eigenvalue weighted by molar-refractivity contribution is -0.384. The minimum Gasteiger partial charge on any atom is -0.469 e. The van der Waals surface area contributed by atoms with Gasteiger partial charge in [-0.1, -0.05) is 0 Å². The van der Waals surface area contributed by atoms with Gasteiger partial charge < -0.3 is 4.74 Å². The molecule has 33 heavy (non-hydrogen) atoms. The van der Waals surface area contributed by atoms with E-state index in [1.165, 1.54) is 55.6 Å². The molecule has 3 rings (SSSR count). The molecule has 13 heteroatoms. The summed E-state index contributed by atoms with van der Waals surface area (Å²) in [7, 11) is -2.66. The van der Waals surface area contributed by atoms with Gasteiger partial charge in [-0.2, -0.15) is 0 Å². The van der Waals surface area contributed by atoms with Crippen molar-refractivity contribution in [2.75, 3.05) is 7.11 Å². The molecule has 3 aromatic rings. The van der Waals surface area contributed by atoms with Crippen LogP contribution in [0.15, 0.2) is 63.2 Å². The SMILES string of the molecule is COC(=O)Cc1[nH]n(-c2ccc([N+](=O)[O-])cc2)c(=O)c1C(C)=Nc1ccc(S(N)(=O)=O)cc1. The molecule has 12 nitrogen and oxygen atoms in total.